The summed E-state index contributed by atoms with van der Waals surface area (Å²) in [5.41, 5.74) is 2.46. The van der Waals surface area contributed by atoms with Crippen LogP contribution in [0.25, 0.3) is 17.2 Å². The molecule has 0 fully saturated rings. The van der Waals surface area contributed by atoms with Gasteiger partial charge < -0.3 is 14.3 Å². The number of aromatic nitrogens is 1. The van der Waals surface area contributed by atoms with Gasteiger partial charge in [-0.2, -0.15) is 0 Å². The largest absolute Gasteiger partial charge is 0.488 e. The average molecular weight is 456 g/mol. The Hall–Kier alpha value is -3.29. The zero-order chi connectivity index (χ0) is 21.8. The molecule has 0 bridgehead atoms. The van der Waals surface area contributed by atoms with Crippen LogP contribution in [0, 0.1) is 5.82 Å². The van der Waals surface area contributed by atoms with E-state index in [9.17, 15) is 14.3 Å². The van der Waals surface area contributed by atoms with Crippen LogP contribution in [0.2, 0.25) is 5.02 Å². The molecule has 8 heteroatoms. The van der Waals surface area contributed by atoms with Gasteiger partial charge in [0.05, 0.1) is 0 Å². The summed E-state index contributed by atoms with van der Waals surface area (Å²) in [5.74, 6) is -1.04. The summed E-state index contributed by atoms with van der Waals surface area (Å²) in [4.78, 5) is 16.2. The quantitative estimate of drug-likeness (QED) is 0.256. The van der Waals surface area contributed by atoms with Crippen molar-refractivity contribution in [1.82, 2.24) is 4.98 Å². The molecule has 0 saturated heterocycles. The van der Waals surface area contributed by atoms with Crippen LogP contribution in [0.4, 0.5) is 4.39 Å². The van der Waals surface area contributed by atoms with Crippen molar-refractivity contribution in [2.45, 2.75) is 11.8 Å². The van der Waals surface area contributed by atoms with Gasteiger partial charge in [0.2, 0.25) is 0 Å². The molecule has 0 saturated carbocycles. The molecule has 1 aromatic heterocycles. The third kappa shape index (κ3) is 5.25. The number of rotatable bonds is 7. The zero-order valence-electron chi connectivity index (χ0n) is 15.9. The standard InChI is InChI=1S/C23H15ClFNO4S/c24-16-7-10-19(29-13-14-5-8-17(25)9-6-14)15(11-16)12-21(22(27)28)31-23-26-18-3-1-2-4-20(18)30-23/h1-12H,13H2,(H,27,28)/b21-12-. The van der Waals surface area contributed by atoms with Crippen LogP contribution in [0.3, 0.4) is 0 Å². The van der Waals surface area contributed by atoms with Gasteiger partial charge in [-0.05, 0) is 65.9 Å². The first-order chi connectivity index (χ1) is 15.0. The average Bonchev–Trinajstić information content (AvgIpc) is 3.16. The Balaban J connectivity index is 1.61. The minimum absolute atomic E-state index is 0.0135. The summed E-state index contributed by atoms with van der Waals surface area (Å²) in [7, 11) is 0. The molecule has 0 aliphatic heterocycles. The van der Waals surface area contributed by atoms with E-state index in [1.807, 2.05) is 12.1 Å². The number of carboxylic acid groups (broad SMARTS) is 1. The number of hydrogen-bond acceptors (Lipinski definition) is 5. The van der Waals surface area contributed by atoms with Crippen molar-refractivity contribution in [1.29, 1.82) is 0 Å². The molecule has 0 atom stereocenters. The Morgan fingerprint density at radius 3 is 2.68 bits per heavy atom. The van der Waals surface area contributed by atoms with Gasteiger partial charge in [-0.3, -0.25) is 0 Å². The van der Waals surface area contributed by atoms with Crippen LogP contribution in [0.15, 0.2) is 81.3 Å². The molecule has 0 aliphatic carbocycles. The van der Waals surface area contributed by atoms with Gasteiger partial charge in [0, 0.05) is 10.6 Å². The maximum Gasteiger partial charge on any atom is 0.342 e. The molecule has 0 unspecified atom stereocenters. The van der Waals surface area contributed by atoms with Crippen molar-refractivity contribution in [3.8, 4) is 5.75 Å². The van der Waals surface area contributed by atoms with Crippen LogP contribution in [0.1, 0.15) is 11.1 Å². The van der Waals surface area contributed by atoms with Gasteiger partial charge in [-0.25, -0.2) is 14.2 Å². The number of oxazole rings is 1. The molecule has 156 valence electrons. The Bertz CT molecular complexity index is 1240. The second-order valence-electron chi connectivity index (χ2n) is 6.46. The zero-order valence-corrected chi connectivity index (χ0v) is 17.5. The SMILES string of the molecule is O=C(O)/C(=C/c1cc(Cl)ccc1OCc1ccc(F)cc1)Sc1nc2ccccc2o1. The van der Waals surface area contributed by atoms with E-state index in [4.69, 9.17) is 20.8 Å². The summed E-state index contributed by atoms with van der Waals surface area (Å²) in [5, 5.41) is 10.3. The molecule has 1 N–H and O–H groups in total. The first-order valence-corrected chi connectivity index (χ1v) is 10.3. The molecule has 3 aromatic carbocycles. The van der Waals surface area contributed by atoms with Crippen molar-refractivity contribution in [2.75, 3.05) is 0 Å². The topological polar surface area (TPSA) is 72.6 Å². The Kier molecular flexibility index (Phi) is 6.25. The number of para-hydroxylation sites is 2. The van der Waals surface area contributed by atoms with Gasteiger partial charge in [-0.15, -0.1) is 0 Å². The number of halogens is 2. The van der Waals surface area contributed by atoms with Gasteiger partial charge >= 0.3 is 5.97 Å². The highest BCUT2D eigenvalue weighted by Gasteiger charge is 2.16. The minimum atomic E-state index is -1.14. The lowest BCUT2D eigenvalue weighted by molar-refractivity contribution is -0.131. The maximum absolute atomic E-state index is 13.1. The van der Waals surface area contributed by atoms with Crippen LogP contribution < -0.4 is 4.74 Å². The fraction of sp³-hybridized carbons (Fsp3) is 0.0435. The number of nitrogens with zero attached hydrogens (tertiary/aromatic N) is 1. The van der Waals surface area contributed by atoms with E-state index in [2.05, 4.69) is 4.98 Å². The molecule has 0 radical (unpaired) electrons. The third-order valence-electron chi connectivity index (χ3n) is 4.25. The smallest absolute Gasteiger partial charge is 0.342 e. The number of benzene rings is 3. The number of fused-ring (bicyclic) bond motifs is 1. The van der Waals surface area contributed by atoms with E-state index in [-0.39, 0.29) is 22.6 Å². The summed E-state index contributed by atoms with van der Waals surface area (Å²) >= 11 is 7.01. The van der Waals surface area contributed by atoms with Crippen LogP contribution >= 0.6 is 23.4 Å². The number of carbonyl (C=O) groups is 1. The first-order valence-electron chi connectivity index (χ1n) is 9.13. The molecule has 4 aromatic rings. The molecular formula is C23H15ClFNO4S. The molecule has 31 heavy (non-hydrogen) atoms. The molecule has 0 aliphatic rings. The maximum atomic E-state index is 13.1. The molecular weight excluding hydrogens is 441 g/mol. The summed E-state index contributed by atoms with van der Waals surface area (Å²) in [6.45, 7) is 0.184. The van der Waals surface area contributed by atoms with Gasteiger partial charge in [0.25, 0.3) is 5.22 Å². The second kappa shape index (κ2) is 9.24. The first kappa shape index (κ1) is 21.0. The highest BCUT2D eigenvalue weighted by Crippen LogP contribution is 2.33. The van der Waals surface area contributed by atoms with Crippen LogP contribution in [-0.2, 0) is 11.4 Å². The fourth-order valence-corrected chi connectivity index (χ4v) is 3.69. The molecule has 1 heterocycles. The highest BCUT2D eigenvalue weighted by atomic mass is 35.5. The lowest BCUT2D eigenvalue weighted by atomic mass is 10.2. The number of hydrogen-bond donors (Lipinski definition) is 1. The Morgan fingerprint density at radius 1 is 1.16 bits per heavy atom. The third-order valence-corrected chi connectivity index (χ3v) is 5.35. The van der Waals surface area contributed by atoms with Crippen molar-refractivity contribution < 1.29 is 23.4 Å². The number of thioether (sulfide) groups is 1. The van der Waals surface area contributed by atoms with E-state index in [0.29, 0.717) is 27.4 Å². The predicted octanol–water partition coefficient (Wildman–Crippen LogP) is 6.42. The van der Waals surface area contributed by atoms with Gasteiger partial charge in [-0.1, -0.05) is 35.9 Å². The van der Waals surface area contributed by atoms with E-state index < -0.39 is 5.97 Å². The van der Waals surface area contributed by atoms with E-state index in [1.165, 1.54) is 18.2 Å². The lowest BCUT2D eigenvalue weighted by Crippen LogP contribution is -2.00. The Labute approximate surface area is 186 Å². The van der Waals surface area contributed by atoms with Crippen molar-refractivity contribution in [2.24, 2.45) is 0 Å². The summed E-state index contributed by atoms with van der Waals surface area (Å²) < 4.78 is 24.5. The van der Waals surface area contributed by atoms with E-state index >= 15 is 0 Å². The highest BCUT2D eigenvalue weighted by molar-refractivity contribution is 8.03. The number of ether oxygens (including phenoxy) is 1. The normalized spacial score (nSPS) is 11.6. The fourth-order valence-electron chi connectivity index (χ4n) is 2.77. The number of aliphatic carboxylic acids is 1. The van der Waals surface area contributed by atoms with Gasteiger partial charge in [0.15, 0.2) is 5.58 Å². The lowest BCUT2D eigenvalue weighted by Gasteiger charge is -2.11. The van der Waals surface area contributed by atoms with Crippen molar-refractivity contribution in [3.05, 3.63) is 93.6 Å². The molecule has 0 spiro atoms. The Morgan fingerprint density at radius 2 is 1.94 bits per heavy atom. The molecule has 4 rings (SSSR count). The van der Waals surface area contributed by atoms with Crippen LogP contribution in [0.5, 0.6) is 5.75 Å². The minimum Gasteiger partial charge on any atom is -0.488 e. The van der Waals surface area contributed by atoms with Crippen LogP contribution in [-0.4, -0.2) is 16.1 Å². The van der Waals surface area contributed by atoms with E-state index in [0.717, 1.165) is 17.3 Å². The van der Waals surface area contributed by atoms with Crippen molar-refractivity contribution >= 4 is 46.5 Å². The molecule has 5 nitrogen and oxygen atoms in total. The van der Waals surface area contributed by atoms with Gasteiger partial charge in [0.1, 0.15) is 28.6 Å². The molecule has 0 amide bonds. The second-order valence-corrected chi connectivity index (χ2v) is 7.89. The number of carboxylic acids is 1. The predicted molar refractivity (Wildman–Crippen MR) is 118 cm³/mol. The van der Waals surface area contributed by atoms with Crippen molar-refractivity contribution in [3.63, 3.8) is 0 Å². The summed E-state index contributed by atoms with van der Waals surface area (Å²) in [6.07, 6.45) is 1.45. The summed E-state index contributed by atoms with van der Waals surface area (Å²) in [6, 6.07) is 18.0. The monoisotopic (exact) mass is 455 g/mol. The van der Waals surface area contributed by atoms with E-state index in [1.54, 1.807) is 42.5 Å².